The molecule has 138 valence electrons. The van der Waals surface area contributed by atoms with Crippen LogP contribution in [0, 0.1) is 0 Å². The summed E-state index contributed by atoms with van der Waals surface area (Å²) in [5.41, 5.74) is 7.22. The zero-order chi connectivity index (χ0) is 18.8. The lowest BCUT2D eigenvalue weighted by atomic mass is 10.1. The standard InChI is InChI=1S/C21H20N2O4/c22-21(25)17-7-4-10-23(17)18-12-20(24)27-19-11-15(8-9-16(18)19)26-13-14-5-2-1-3-6-14/h1-3,5-6,8-9,11-12,17H,4,7,10,13H2,(H2,22,25)/t17-/m0/s1. The average molecular weight is 364 g/mol. The summed E-state index contributed by atoms with van der Waals surface area (Å²) in [5, 5.41) is 0.759. The molecular weight excluding hydrogens is 344 g/mol. The Labute approximate surface area is 156 Å². The zero-order valence-electron chi connectivity index (χ0n) is 14.8. The summed E-state index contributed by atoms with van der Waals surface area (Å²) < 4.78 is 11.2. The highest BCUT2D eigenvalue weighted by molar-refractivity contribution is 5.94. The SMILES string of the molecule is NC(=O)[C@@H]1CCCN1c1cc(=O)oc2cc(OCc3ccccc3)ccc12. The molecule has 0 aliphatic carbocycles. The van der Waals surface area contributed by atoms with Gasteiger partial charge in [-0.3, -0.25) is 4.79 Å². The number of primary amides is 1. The number of ether oxygens (including phenoxy) is 1. The first-order valence-corrected chi connectivity index (χ1v) is 8.92. The van der Waals surface area contributed by atoms with E-state index in [0.717, 1.165) is 17.4 Å². The van der Waals surface area contributed by atoms with E-state index in [1.54, 1.807) is 6.07 Å². The van der Waals surface area contributed by atoms with Crippen LogP contribution in [0.5, 0.6) is 5.75 Å². The number of benzene rings is 2. The van der Waals surface area contributed by atoms with Crippen LogP contribution in [0.3, 0.4) is 0 Å². The van der Waals surface area contributed by atoms with Crippen molar-refractivity contribution in [3.8, 4) is 5.75 Å². The van der Waals surface area contributed by atoms with Crippen LogP contribution in [-0.4, -0.2) is 18.5 Å². The largest absolute Gasteiger partial charge is 0.489 e. The van der Waals surface area contributed by atoms with E-state index in [-0.39, 0.29) is 5.91 Å². The fourth-order valence-electron chi connectivity index (χ4n) is 3.55. The molecule has 1 fully saturated rings. The maximum atomic E-state index is 12.1. The Balaban J connectivity index is 1.66. The molecule has 1 aliphatic heterocycles. The Hall–Kier alpha value is -3.28. The molecule has 0 spiro atoms. The number of carbonyl (C=O) groups excluding carboxylic acids is 1. The number of fused-ring (bicyclic) bond motifs is 1. The Morgan fingerprint density at radius 1 is 1.19 bits per heavy atom. The number of nitrogens with two attached hydrogens (primary N) is 1. The molecule has 3 aromatic rings. The zero-order valence-corrected chi connectivity index (χ0v) is 14.8. The molecule has 2 N–H and O–H groups in total. The van der Waals surface area contributed by atoms with E-state index < -0.39 is 11.7 Å². The van der Waals surface area contributed by atoms with Gasteiger partial charge in [0.1, 0.15) is 24.0 Å². The van der Waals surface area contributed by atoms with Gasteiger partial charge < -0.3 is 19.8 Å². The molecule has 27 heavy (non-hydrogen) atoms. The van der Waals surface area contributed by atoms with Crippen LogP contribution in [0.1, 0.15) is 18.4 Å². The van der Waals surface area contributed by atoms with Crippen LogP contribution in [0.25, 0.3) is 11.0 Å². The molecule has 0 unspecified atom stereocenters. The minimum absolute atomic E-state index is 0.378. The van der Waals surface area contributed by atoms with Crippen molar-refractivity contribution < 1.29 is 13.9 Å². The lowest BCUT2D eigenvalue weighted by Crippen LogP contribution is -2.40. The summed E-state index contributed by atoms with van der Waals surface area (Å²) in [6.07, 6.45) is 1.54. The number of rotatable bonds is 5. The lowest BCUT2D eigenvalue weighted by molar-refractivity contribution is -0.119. The van der Waals surface area contributed by atoms with Crippen LogP contribution in [0.15, 0.2) is 63.8 Å². The summed E-state index contributed by atoms with van der Waals surface area (Å²) in [4.78, 5) is 25.7. The highest BCUT2D eigenvalue weighted by Gasteiger charge is 2.30. The van der Waals surface area contributed by atoms with Crippen molar-refractivity contribution >= 4 is 22.6 Å². The summed E-state index contributed by atoms with van der Waals surface area (Å²) in [5.74, 6) is 0.233. The van der Waals surface area contributed by atoms with Gasteiger partial charge in [-0.2, -0.15) is 0 Å². The highest BCUT2D eigenvalue weighted by Crippen LogP contribution is 2.33. The molecule has 1 atom stereocenters. The van der Waals surface area contributed by atoms with Gasteiger partial charge in [-0.1, -0.05) is 30.3 Å². The monoisotopic (exact) mass is 364 g/mol. The van der Waals surface area contributed by atoms with Crippen molar-refractivity contribution in [3.63, 3.8) is 0 Å². The average Bonchev–Trinajstić information content (AvgIpc) is 3.16. The number of hydrogen-bond donors (Lipinski definition) is 1. The number of amides is 1. The maximum Gasteiger partial charge on any atom is 0.338 e. The molecule has 0 bridgehead atoms. The van der Waals surface area contributed by atoms with Gasteiger partial charge in [-0.25, -0.2) is 4.79 Å². The van der Waals surface area contributed by atoms with Gasteiger partial charge in [0.15, 0.2) is 0 Å². The molecule has 1 amide bonds. The number of carbonyl (C=O) groups is 1. The van der Waals surface area contributed by atoms with Crippen LogP contribution < -0.4 is 21.0 Å². The van der Waals surface area contributed by atoms with E-state index in [0.29, 0.717) is 36.6 Å². The van der Waals surface area contributed by atoms with Crippen LogP contribution >= 0.6 is 0 Å². The van der Waals surface area contributed by atoms with Crippen molar-refractivity contribution in [2.75, 3.05) is 11.4 Å². The van der Waals surface area contributed by atoms with Gasteiger partial charge in [0.2, 0.25) is 5.91 Å². The molecule has 0 saturated carbocycles. The molecule has 6 nitrogen and oxygen atoms in total. The Kier molecular flexibility index (Phi) is 4.54. The fraction of sp³-hybridized carbons (Fsp3) is 0.238. The Bertz CT molecular complexity index is 1030. The molecule has 1 aliphatic rings. The van der Waals surface area contributed by atoms with Crippen molar-refractivity contribution in [1.82, 2.24) is 0 Å². The normalized spacial score (nSPS) is 16.6. The highest BCUT2D eigenvalue weighted by atomic mass is 16.5. The number of nitrogens with zero attached hydrogens (tertiary/aromatic N) is 1. The first-order valence-electron chi connectivity index (χ1n) is 8.92. The van der Waals surface area contributed by atoms with Crippen molar-refractivity contribution in [2.24, 2.45) is 5.73 Å². The molecule has 2 heterocycles. The second-order valence-corrected chi connectivity index (χ2v) is 6.64. The van der Waals surface area contributed by atoms with Gasteiger partial charge in [-0.15, -0.1) is 0 Å². The van der Waals surface area contributed by atoms with Gasteiger partial charge in [0.05, 0.1) is 5.69 Å². The van der Waals surface area contributed by atoms with E-state index in [1.165, 1.54) is 6.07 Å². The molecular formula is C21H20N2O4. The predicted octanol–water partition coefficient (Wildman–Crippen LogP) is 2.83. The maximum absolute atomic E-state index is 12.1. The molecule has 4 rings (SSSR count). The van der Waals surface area contributed by atoms with Gasteiger partial charge >= 0.3 is 5.63 Å². The van der Waals surface area contributed by atoms with E-state index >= 15 is 0 Å². The number of hydrogen-bond acceptors (Lipinski definition) is 5. The van der Waals surface area contributed by atoms with Crippen LogP contribution in [-0.2, 0) is 11.4 Å². The van der Waals surface area contributed by atoms with Crippen LogP contribution in [0.4, 0.5) is 5.69 Å². The quantitative estimate of drug-likeness (QED) is 0.704. The third-order valence-electron chi connectivity index (χ3n) is 4.83. The second-order valence-electron chi connectivity index (χ2n) is 6.64. The molecule has 6 heteroatoms. The fourth-order valence-corrected chi connectivity index (χ4v) is 3.55. The van der Waals surface area contributed by atoms with Crippen molar-refractivity contribution in [3.05, 3.63) is 70.6 Å². The van der Waals surface area contributed by atoms with Crippen LogP contribution in [0.2, 0.25) is 0 Å². The first kappa shape index (κ1) is 17.1. The molecule has 0 radical (unpaired) electrons. The van der Waals surface area contributed by atoms with Gasteiger partial charge in [0, 0.05) is 24.1 Å². The molecule has 1 saturated heterocycles. The summed E-state index contributed by atoms with van der Waals surface area (Å²) in [6, 6.07) is 16.2. The number of anilines is 1. The minimum Gasteiger partial charge on any atom is -0.489 e. The topological polar surface area (TPSA) is 85.8 Å². The molecule has 1 aromatic heterocycles. The molecule has 2 aromatic carbocycles. The lowest BCUT2D eigenvalue weighted by Gasteiger charge is -2.25. The Morgan fingerprint density at radius 3 is 2.78 bits per heavy atom. The second kappa shape index (κ2) is 7.15. The van der Waals surface area contributed by atoms with Gasteiger partial charge in [0.25, 0.3) is 0 Å². The van der Waals surface area contributed by atoms with Crippen molar-refractivity contribution in [2.45, 2.75) is 25.5 Å². The summed E-state index contributed by atoms with van der Waals surface area (Å²) >= 11 is 0. The van der Waals surface area contributed by atoms with E-state index in [1.807, 2.05) is 47.4 Å². The minimum atomic E-state index is -0.465. The van der Waals surface area contributed by atoms with E-state index in [9.17, 15) is 9.59 Å². The summed E-state index contributed by atoms with van der Waals surface area (Å²) in [7, 11) is 0. The van der Waals surface area contributed by atoms with Crippen molar-refractivity contribution in [1.29, 1.82) is 0 Å². The smallest absolute Gasteiger partial charge is 0.338 e. The van der Waals surface area contributed by atoms with Gasteiger partial charge in [-0.05, 0) is 30.5 Å². The third kappa shape index (κ3) is 3.51. The summed E-state index contributed by atoms with van der Waals surface area (Å²) in [6.45, 7) is 1.10. The van der Waals surface area contributed by atoms with E-state index in [2.05, 4.69) is 0 Å². The first-order chi connectivity index (χ1) is 13.1. The predicted molar refractivity (Wildman–Crippen MR) is 103 cm³/mol. The third-order valence-corrected chi connectivity index (χ3v) is 4.83. The Morgan fingerprint density at radius 2 is 2.00 bits per heavy atom. The van der Waals surface area contributed by atoms with E-state index in [4.69, 9.17) is 14.9 Å².